The number of aliphatic hydroxyl groups excluding tert-OH is 1. The van der Waals surface area contributed by atoms with Crippen LogP contribution in [-0.4, -0.2) is 54.0 Å². The van der Waals surface area contributed by atoms with E-state index in [1.807, 2.05) is 0 Å². The molecule has 0 aromatic rings. The molecule has 1 amide bonds. The Kier molecular flexibility index (Phi) is 6.14. The molecule has 0 atom stereocenters. The zero-order valence-electron chi connectivity index (χ0n) is 7.53. The Balaban J connectivity index is 3.47. The summed E-state index contributed by atoms with van der Waals surface area (Å²) in [6, 6.07) is 0. The molecule has 4 nitrogen and oxygen atoms in total. The van der Waals surface area contributed by atoms with Gasteiger partial charge in [-0.05, 0) is 0 Å². The molecule has 0 saturated carbocycles. The van der Waals surface area contributed by atoms with Crippen LogP contribution < -0.4 is 0 Å². The van der Waals surface area contributed by atoms with Crippen LogP contribution in [0.5, 0.6) is 0 Å². The van der Waals surface area contributed by atoms with Gasteiger partial charge in [0.15, 0.2) is 0 Å². The van der Waals surface area contributed by atoms with Crippen LogP contribution in [0.3, 0.4) is 0 Å². The van der Waals surface area contributed by atoms with Crippen LogP contribution in [0.4, 0.5) is 0 Å². The van der Waals surface area contributed by atoms with Gasteiger partial charge in [0.05, 0.1) is 6.61 Å². The summed E-state index contributed by atoms with van der Waals surface area (Å²) in [4.78, 5) is 12.6. The van der Waals surface area contributed by atoms with E-state index in [1.54, 1.807) is 23.3 Å². The second-order valence-electron chi connectivity index (χ2n) is 2.72. The maximum Gasteiger partial charge on any atom is 0.223 e. The highest BCUT2D eigenvalue weighted by molar-refractivity contribution is 7.77. The van der Waals surface area contributed by atoms with Crippen LogP contribution in [-0.2, 0) is 4.79 Å². The van der Waals surface area contributed by atoms with Crippen molar-refractivity contribution in [2.75, 3.05) is 33.8 Å². The molecule has 0 rings (SSSR count). The second kappa shape index (κ2) is 6.28. The number of carbonyl (C=O) groups is 1. The van der Waals surface area contributed by atoms with Crippen LogP contribution >= 0.6 is 12.8 Å². The van der Waals surface area contributed by atoms with Crippen molar-refractivity contribution in [3.8, 4) is 0 Å². The summed E-state index contributed by atoms with van der Waals surface area (Å²) < 4.78 is 1.63. The molecule has 0 radical (unpaired) electrons. The van der Waals surface area contributed by atoms with Crippen LogP contribution in [0, 0.1) is 0 Å². The lowest BCUT2D eigenvalue weighted by atomic mass is 10.4. The number of hydrogen-bond acceptors (Lipinski definition) is 4. The molecule has 12 heavy (non-hydrogen) atoms. The normalized spacial score (nSPS) is 10.4. The van der Waals surface area contributed by atoms with Crippen molar-refractivity contribution in [1.82, 2.24) is 9.21 Å². The molecule has 5 heteroatoms. The number of aliphatic hydroxyl groups is 1. The van der Waals surface area contributed by atoms with Crippen LogP contribution in [0.15, 0.2) is 0 Å². The van der Waals surface area contributed by atoms with Crippen molar-refractivity contribution in [3.63, 3.8) is 0 Å². The molecule has 0 unspecified atom stereocenters. The first-order chi connectivity index (χ1) is 5.57. The number of carbonyl (C=O) groups excluding carboxylic acids is 1. The minimum absolute atomic E-state index is 0.0691. The topological polar surface area (TPSA) is 43.8 Å². The summed E-state index contributed by atoms with van der Waals surface area (Å²) in [5.74, 6) is 0.0759. The summed E-state index contributed by atoms with van der Waals surface area (Å²) in [6.07, 6.45) is 0.441. The first-order valence-electron chi connectivity index (χ1n) is 3.82. The fourth-order valence-corrected chi connectivity index (χ4v) is 0.865. The lowest BCUT2D eigenvalue weighted by molar-refractivity contribution is -0.128. The van der Waals surface area contributed by atoms with E-state index in [-0.39, 0.29) is 12.5 Å². The standard InChI is InChI=1S/C7H16N2O2S/c1-8(2)7(11)3-4-9(12)5-6-10/h10,12H,3-6H2,1-2H3. The van der Waals surface area contributed by atoms with Gasteiger partial charge >= 0.3 is 0 Å². The Morgan fingerprint density at radius 1 is 1.42 bits per heavy atom. The fourth-order valence-electron chi connectivity index (χ4n) is 0.676. The SMILES string of the molecule is CN(C)C(=O)CCN(S)CCO. The zero-order valence-corrected chi connectivity index (χ0v) is 8.42. The number of thiol groups is 1. The van der Waals surface area contributed by atoms with E-state index in [9.17, 15) is 4.79 Å². The van der Waals surface area contributed by atoms with E-state index in [0.717, 1.165) is 0 Å². The van der Waals surface area contributed by atoms with Gasteiger partial charge in [-0.2, -0.15) is 0 Å². The molecule has 0 spiro atoms. The molecule has 0 aliphatic carbocycles. The molecule has 72 valence electrons. The highest BCUT2D eigenvalue weighted by atomic mass is 32.1. The van der Waals surface area contributed by atoms with Gasteiger partial charge in [-0.1, -0.05) is 12.8 Å². The van der Waals surface area contributed by atoms with Gasteiger partial charge in [-0.3, -0.25) is 9.10 Å². The molecule has 1 N–H and O–H groups in total. The Labute approximate surface area is 78.7 Å². The lowest BCUT2D eigenvalue weighted by Gasteiger charge is -2.15. The molecule has 0 aliphatic rings. The highest BCUT2D eigenvalue weighted by Gasteiger charge is 2.05. The summed E-state index contributed by atoms with van der Waals surface area (Å²) in [6.45, 7) is 1.13. The van der Waals surface area contributed by atoms with E-state index in [1.165, 1.54) is 0 Å². The van der Waals surface area contributed by atoms with Crippen LogP contribution in [0.25, 0.3) is 0 Å². The van der Waals surface area contributed by atoms with Gasteiger partial charge in [0.25, 0.3) is 0 Å². The Bertz CT molecular complexity index is 141. The molecule has 0 aromatic carbocycles. The van der Waals surface area contributed by atoms with Crippen LogP contribution in [0.2, 0.25) is 0 Å². The zero-order chi connectivity index (χ0) is 9.56. The van der Waals surface area contributed by atoms with Crippen molar-refractivity contribution < 1.29 is 9.90 Å². The van der Waals surface area contributed by atoms with Gasteiger partial charge in [0.2, 0.25) is 5.91 Å². The number of hydrogen-bond donors (Lipinski definition) is 2. The van der Waals surface area contributed by atoms with E-state index in [2.05, 4.69) is 12.8 Å². The Hall–Kier alpha value is -0.260. The van der Waals surface area contributed by atoms with E-state index in [0.29, 0.717) is 19.5 Å². The molecule has 0 heterocycles. The highest BCUT2D eigenvalue weighted by Crippen LogP contribution is 1.96. The third-order valence-corrected chi connectivity index (χ3v) is 1.84. The predicted molar refractivity (Wildman–Crippen MR) is 51.0 cm³/mol. The van der Waals surface area contributed by atoms with Crippen LogP contribution in [0.1, 0.15) is 6.42 Å². The molecule has 0 aromatic heterocycles. The van der Waals surface area contributed by atoms with Crippen molar-refractivity contribution in [2.24, 2.45) is 0 Å². The molecule has 0 aliphatic heterocycles. The van der Waals surface area contributed by atoms with E-state index >= 15 is 0 Å². The smallest absolute Gasteiger partial charge is 0.223 e. The average molecular weight is 192 g/mol. The largest absolute Gasteiger partial charge is 0.395 e. The van der Waals surface area contributed by atoms with Crippen molar-refractivity contribution in [1.29, 1.82) is 0 Å². The summed E-state index contributed by atoms with van der Waals surface area (Å²) in [5, 5.41) is 8.53. The van der Waals surface area contributed by atoms with Crippen molar-refractivity contribution >= 4 is 18.7 Å². The second-order valence-corrected chi connectivity index (χ2v) is 3.28. The summed E-state index contributed by atoms with van der Waals surface area (Å²) in [7, 11) is 3.44. The molecular formula is C7H16N2O2S. The predicted octanol–water partition coefficient (Wildman–Crippen LogP) is -0.396. The molecule has 0 saturated heterocycles. The monoisotopic (exact) mass is 192 g/mol. The van der Waals surface area contributed by atoms with Gasteiger partial charge in [0, 0.05) is 33.6 Å². The molecule has 0 bridgehead atoms. The minimum Gasteiger partial charge on any atom is -0.395 e. The third kappa shape index (κ3) is 5.40. The van der Waals surface area contributed by atoms with E-state index in [4.69, 9.17) is 5.11 Å². The minimum atomic E-state index is 0.0691. The third-order valence-electron chi connectivity index (χ3n) is 1.44. The fraction of sp³-hybridized carbons (Fsp3) is 0.857. The average Bonchev–Trinajstić information content (AvgIpc) is 2.00. The quantitative estimate of drug-likeness (QED) is 0.583. The molecular weight excluding hydrogens is 176 g/mol. The van der Waals surface area contributed by atoms with E-state index < -0.39 is 0 Å². The van der Waals surface area contributed by atoms with Gasteiger partial charge in [-0.15, -0.1) is 0 Å². The van der Waals surface area contributed by atoms with Crippen molar-refractivity contribution in [2.45, 2.75) is 6.42 Å². The lowest BCUT2D eigenvalue weighted by Crippen LogP contribution is -2.27. The van der Waals surface area contributed by atoms with Gasteiger partial charge < -0.3 is 10.0 Å². The number of rotatable bonds is 5. The van der Waals surface area contributed by atoms with Gasteiger partial charge in [0.1, 0.15) is 0 Å². The Morgan fingerprint density at radius 3 is 2.42 bits per heavy atom. The van der Waals surface area contributed by atoms with Gasteiger partial charge in [-0.25, -0.2) is 0 Å². The maximum atomic E-state index is 11.1. The number of amides is 1. The summed E-state index contributed by atoms with van der Waals surface area (Å²) >= 11 is 4.06. The maximum absolute atomic E-state index is 11.1. The number of nitrogens with zero attached hydrogens (tertiary/aromatic N) is 2. The first-order valence-corrected chi connectivity index (χ1v) is 4.22. The summed E-state index contributed by atoms with van der Waals surface area (Å²) in [5.41, 5.74) is 0. The van der Waals surface area contributed by atoms with Crippen molar-refractivity contribution in [3.05, 3.63) is 0 Å². The molecule has 0 fully saturated rings. The first kappa shape index (κ1) is 11.7. The Morgan fingerprint density at radius 2 is 2.00 bits per heavy atom.